The highest BCUT2D eigenvalue weighted by Gasteiger charge is 2.28. The van der Waals surface area contributed by atoms with E-state index >= 15 is 0 Å². The molecule has 0 bridgehead atoms. The SMILES string of the molecule is CC(C)C(=O)c1nc(C2CC2)ncc1Br. The zero-order valence-electron chi connectivity index (χ0n) is 8.83. The van der Waals surface area contributed by atoms with Gasteiger partial charge in [0, 0.05) is 18.0 Å². The number of nitrogens with zero attached hydrogens (tertiary/aromatic N) is 2. The second-order valence-electron chi connectivity index (χ2n) is 4.22. The fourth-order valence-electron chi connectivity index (χ4n) is 1.37. The summed E-state index contributed by atoms with van der Waals surface area (Å²) in [7, 11) is 0. The Morgan fingerprint density at radius 2 is 2.20 bits per heavy atom. The van der Waals surface area contributed by atoms with Crippen LogP contribution in [0.4, 0.5) is 0 Å². The van der Waals surface area contributed by atoms with Crippen LogP contribution in [-0.2, 0) is 0 Å². The van der Waals surface area contributed by atoms with Gasteiger partial charge in [0.05, 0.1) is 4.47 Å². The molecule has 1 aliphatic carbocycles. The van der Waals surface area contributed by atoms with Crippen LogP contribution in [0.15, 0.2) is 10.7 Å². The summed E-state index contributed by atoms with van der Waals surface area (Å²) in [4.78, 5) is 20.4. The first kappa shape index (κ1) is 10.7. The number of hydrogen-bond acceptors (Lipinski definition) is 3. The van der Waals surface area contributed by atoms with Crippen LogP contribution in [0.5, 0.6) is 0 Å². The van der Waals surface area contributed by atoms with E-state index in [4.69, 9.17) is 0 Å². The molecule has 1 heterocycles. The van der Waals surface area contributed by atoms with Gasteiger partial charge in [-0.15, -0.1) is 0 Å². The van der Waals surface area contributed by atoms with E-state index in [1.165, 1.54) is 0 Å². The van der Waals surface area contributed by atoms with Gasteiger partial charge in [-0.25, -0.2) is 9.97 Å². The monoisotopic (exact) mass is 268 g/mol. The fourth-order valence-corrected chi connectivity index (χ4v) is 1.75. The molecule has 0 spiro atoms. The maximum Gasteiger partial charge on any atom is 0.184 e. The van der Waals surface area contributed by atoms with E-state index in [1.54, 1.807) is 6.20 Å². The van der Waals surface area contributed by atoms with Gasteiger partial charge in [0.25, 0.3) is 0 Å². The molecule has 0 amide bonds. The molecule has 80 valence electrons. The molecule has 15 heavy (non-hydrogen) atoms. The molecule has 1 saturated carbocycles. The van der Waals surface area contributed by atoms with E-state index in [-0.39, 0.29) is 11.7 Å². The van der Waals surface area contributed by atoms with E-state index in [0.717, 1.165) is 18.7 Å². The molecular weight excluding hydrogens is 256 g/mol. The summed E-state index contributed by atoms with van der Waals surface area (Å²) in [5.74, 6) is 1.36. The molecule has 3 nitrogen and oxygen atoms in total. The van der Waals surface area contributed by atoms with Crippen molar-refractivity contribution in [3.63, 3.8) is 0 Å². The molecule has 0 N–H and O–H groups in total. The van der Waals surface area contributed by atoms with Gasteiger partial charge < -0.3 is 0 Å². The maximum atomic E-state index is 11.8. The third kappa shape index (κ3) is 2.25. The lowest BCUT2D eigenvalue weighted by Gasteiger charge is -2.06. The van der Waals surface area contributed by atoms with E-state index in [2.05, 4.69) is 25.9 Å². The summed E-state index contributed by atoms with van der Waals surface area (Å²) in [5.41, 5.74) is 0.530. The molecular formula is C11H13BrN2O. The van der Waals surface area contributed by atoms with Crippen LogP contribution in [-0.4, -0.2) is 15.8 Å². The van der Waals surface area contributed by atoms with Crippen LogP contribution in [0.25, 0.3) is 0 Å². The van der Waals surface area contributed by atoms with Gasteiger partial charge in [0.2, 0.25) is 0 Å². The van der Waals surface area contributed by atoms with Crippen LogP contribution >= 0.6 is 15.9 Å². The number of carbonyl (C=O) groups is 1. The lowest BCUT2D eigenvalue weighted by atomic mass is 10.1. The summed E-state index contributed by atoms with van der Waals surface area (Å²) in [6.07, 6.45) is 3.99. The van der Waals surface area contributed by atoms with Gasteiger partial charge in [-0.3, -0.25) is 4.79 Å². The first-order valence-electron chi connectivity index (χ1n) is 5.16. The molecule has 1 aliphatic rings. The van der Waals surface area contributed by atoms with Crippen molar-refractivity contribution in [3.8, 4) is 0 Å². The topological polar surface area (TPSA) is 42.9 Å². The first-order chi connectivity index (χ1) is 7.09. The van der Waals surface area contributed by atoms with Crippen molar-refractivity contribution in [3.05, 3.63) is 22.2 Å². The van der Waals surface area contributed by atoms with Crippen LogP contribution in [0.2, 0.25) is 0 Å². The lowest BCUT2D eigenvalue weighted by Crippen LogP contribution is -2.12. The quantitative estimate of drug-likeness (QED) is 0.792. The third-order valence-corrected chi connectivity index (χ3v) is 3.04. The number of halogens is 1. The second-order valence-corrected chi connectivity index (χ2v) is 5.07. The highest BCUT2D eigenvalue weighted by molar-refractivity contribution is 9.10. The zero-order chi connectivity index (χ0) is 11.0. The highest BCUT2D eigenvalue weighted by Crippen LogP contribution is 2.38. The average Bonchev–Trinajstić information content (AvgIpc) is 3.01. The minimum Gasteiger partial charge on any atom is -0.292 e. The molecule has 0 saturated heterocycles. The number of rotatable bonds is 3. The summed E-state index contributed by atoms with van der Waals surface area (Å²) >= 11 is 3.32. The second kappa shape index (κ2) is 4.00. The summed E-state index contributed by atoms with van der Waals surface area (Å²) in [5, 5.41) is 0. The van der Waals surface area contributed by atoms with Gasteiger partial charge in [0.15, 0.2) is 5.78 Å². The number of aromatic nitrogens is 2. The minimum absolute atomic E-state index is 0.0248. The minimum atomic E-state index is -0.0248. The van der Waals surface area contributed by atoms with E-state index in [1.807, 2.05) is 13.8 Å². The van der Waals surface area contributed by atoms with Gasteiger partial charge >= 0.3 is 0 Å². The summed E-state index contributed by atoms with van der Waals surface area (Å²) in [6.45, 7) is 3.77. The van der Waals surface area contributed by atoms with Crippen molar-refractivity contribution in [2.75, 3.05) is 0 Å². The van der Waals surface area contributed by atoms with Gasteiger partial charge in [0.1, 0.15) is 11.5 Å². The molecule has 1 aromatic rings. The van der Waals surface area contributed by atoms with Crippen LogP contribution in [0.1, 0.15) is 48.9 Å². The molecule has 0 radical (unpaired) electrons. The van der Waals surface area contributed by atoms with Crippen LogP contribution in [0, 0.1) is 5.92 Å². The predicted octanol–water partition coefficient (Wildman–Crippen LogP) is 2.96. The Labute approximate surface area is 97.4 Å². The zero-order valence-corrected chi connectivity index (χ0v) is 10.4. The molecule has 4 heteroatoms. The Morgan fingerprint density at radius 3 is 2.73 bits per heavy atom. The maximum absolute atomic E-state index is 11.8. The number of ketones is 1. The molecule has 1 fully saturated rings. The van der Waals surface area contributed by atoms with Gasteiger partial charge in [-0.1, -0.05) is 13.8 Å². The predicted molar refractivity (Wildman–Crippen MR) is 60.9 cm³/mol. The van der Waals surface area contributed by atoms with Gasteiger partial charge in [-0.2, -0.15) is 0 Å². The number of hydrogen-bond donors (Lipinski definition) is 0. The fraction of sp³-hybridized carbons (Fsp3) is 0.545. The number of carbonyl (C=O) groups excluding carboxylic acids is 1. The standard InChI is InChI=1S/C11H13BrN2O/c1-6(2)10(15)9-8(12)5-13-11(14-9)7-3-4-7/h5-7H,3-4H2,1-2H3. The van der Waals surface area contributed by atoms with Crippen molar-refractivity contribution in [1.29, 1.82) is 0 Å². The van der Waals surface area contributed by atoms with Crippen molar-refractivity contribution in [2.45, 2.75) is 32.6 Å². The van der Waals surface area contributed by atoms with Crippen molar-refractivity contribution in [2.24, 2.45) is 5.92 Å². The normalized spacial score (nSPS) is 15.7. The Bertz CT molecular complexity index is 400. The average molecular weight is 269 g/mol. The van der Waals surface area contributed by atoms with Crippen molar-refractivity contribution >= 4 is 21.7 Å². The Balaban J connectivity index is 2.35. The summed E-state index contributed by atoms with van der Waals surface area (Å²) < 4.78 is 0.700. The lowest BCUT2D eigenvalue weighted by molar-refractivity contribution is 0.0933. The van der Waals surface area contributed by atoms with Crippen molar-refractivity contribution in [1.82, 2.24) is 9.97 Å². The van der Waals surface area contributed by atoms with E-state index < -0.39 is 0 Å². The molecule has 2 rings (SSSR count). The molecule has 0 aromatic carbocycles. The Hall–Kier alpha value is -0.770. The van der Waals surface area contributed by atoms with Gasteiger partial charge in [-0.05, 0) is 28.8 Å². The molecule has 1 aromatic heterocycles. The van der Waals surface area contributed by atoms with Crippen LogP contribution in [0.3, 0.4) is 0 Å². The molecule has 0 aliphatic heterocycles. The van der Waals surface area contributed by atoms with E-state index in [0.29, 0.717) is 16.1 Å². The molecule has 0 atom stereocenters. The smallest absolute Gasteiger partial charge is 0.184 e. The third-order valence-electron chi connectivity index (χ3n) is 2.46. The Morgan fingerprint density at radius 1 is 1.53 bits per heavy atom. The largest absolute Gasteiger partial charge is 0.292 e. The van der Waals surface area contributed by atoms with Crippen LogP contribution < -0.4 is 0 Å². The highest BCUT2D eigenvalue weighted by atomic mass is 79.9. The first-order valence-corrected chi connectivity index (χ1v) is 5.95. The van der Waals surface area contributed by atoms with Crippen molar-refractivity contribution < 1.29 is 4.79 Å². The number of Topliss-reactive ketones (excluding diaryl/α,β-unsaturated/α-hetero) is 1. The Kier molecular flexibility index (Phi) is 2.87. The van der Waals surface area contributed by atoms with E-state index in [9.17, 15) is 4.79 Å². The molecule has 0 unspecified atom stereocenters. The summed E-state index contributed by atoms with van der Waals surface area (Å²) in [6, 6.07) is 0.